The molecule has 0 aromatic heterocycles. The third-order valence-corrected chi connectivity index (χ3v) is 3.88. The van der Waals surface area contributed by atoms with Gasteiger partial charge in [-0.3, -0.25) is 4.79 Å². The number of anilines is 1. The van der Waals surface area contributed by atoms with Crippen LogP contribution in [0.3, 0.4) is 0 Å². The summed E-state index contributed by atoms with van der Waals surface area (Å²) in [4.78, 5) is 13.6. The number of oxime groups is 1. The van der Waals surface area contributed by atoms with Crippen LogP contribution in [0.2, 0.25) is 5.02 Å². The first-order valence-corrected chi connectivity index (χ1v) is 7.19. The van der Waals surface area contributed by atoms with Crippen molar-refractivity contribution >= 4 is 28.9 Å². The van der Waals surface area contributed by atoms with Crippen LogP contribution in [0.15, 0.2) is 47.6 Å². The molecule has 3 rings (SSSR count). The summed E-state index contributed by atoms with van der Waals surface area (Å²) in [5.41, 5.74) is 0.0772. The van der Waals surface area contributed by atoms with Crippen LogP contribution in [0.25, 0.3) is 0 Å². The van der Waals surface area contributed by atoms with Crippen LogP contribution in [0, 0.1) is 0 Å². The number of fused-ring (bicyclic) bond motifs is 1. The van der Waals surface area contributed by atoms with Gasteiger partial charge >= 0.3 is 6.18 Å². The predicted octanol–water partition coefficient (Wildman–Crippen LogP) is 4.08. The van der Waals surface area contributed by atoms with Crippen LogP contribution in [0.5, 0.6) is 0 Å². The van der Waals surface area contributed by atoms with Crippen molar-refractivity contribution in [3.05, 3.63) is 64.2 Å². The molecule has 0 saturated carbocycles. The molecule has 8 heteroatoms. The van der Waals surface area contributed by atoms with E-state index in [-0.39, 0.29) is 12.3 Å². The van der Waals surface area contributed by atoms with Crippen molar-refractivity contribution in [2.75, 3.05) is 4.90 Å². The van der Waals surface area contributed by atoms with Crippen LogP contribution >= 0.6 is 11.6 Å². The van der Waals surface area contributed by atoms with E-state index in [0.29, 0.717) is 21.8 Å². The van der Waals surface area contributed by atoms with Gasteiger partial charge in [-0.25, -0.2) is 0 Å². The molecule has 0 unspecified atom stereocenters. The minimum atomic E-state index is -4.46. The van der Waals surface area contributed by atoms with E-state index < -0.39 is 17.6 Å². The molecule has 0 saturated heterocycles. The van der Waals surface area contributed by atoms with Gasteiger partial charge in [0, 0.05) is 10.6 Å². The highest BCUT2D eigenvalue weighted by molar-refractivity contribution is 6.54. The molecule has 0 fully saturated rings. The van der Waals surface area contributed by atoms with Crippen LogP contribution in [-0.2, 0) is 17.5 Å². The molecule has 124 valence electrons. The normalized spacial score (nSPS) is 15.9. The first-order valence-electron chi connectivity index (χ1n) is 6.81. The first kappa shape index (κ1) is 16.3. The maximum atomic E-state index is 12.8. The molecule has 0 bridgehead atoms. The number of hydrogen-bond acceptors (Lipinski definition) is 3. The van der Waals surface area contributed by atoms with Gasteiger partial charge in [0.25, 0.3) is 5.91 Å². The number of amides is 1. The smallest absolute Gasteiger partial charge is 0.410 e. The molecule has 0 atom stereocenters. The third-order valence-electron chi connectivity index (χ3n) is 3.65. The van der Waals surface area contributed by atoms with Crippen LogP contribution in [0.4, 0.5) is 18.9 Å². The fraction of sp³-hybridized carbons (Fsp3) is 0.125. The minimum Gasteiger partial charge on any atom is -0.410 e. The number of halogens is 4. The van der Waals surface area contributed by atoms with Crippen LogP contribution < -0.4 is 4.90 Å². The predicted molar refractivity (Wildman–Crippen MR) is 82.4 cm³/mol. The van der Waals surface area contributed by atoms with Gasteiger partial charge in [-0.2, -0.15) is 13.2 Å². The van der Waals surface area contributed by atoms with E-state index >= 15 is 0 Å². The van der Waals surface area contributed by atoms with Gasteiger partial charge < -0.3 is 10.1 Å². The Bertz CT molecular complexity index is 849. The standard InChI is InChI=1S/C16H10ClF3N2O2/c17-11-4-5-13-12(7-11)14(21-24)15(23)22(13)8-9-2-1-3-10(6-9)16(18,19)20/h1-7,24H,8H2/b21-14-. The van der Waals surface area contributed by atoms with Crippen molar-refractivity contribution in [1.29, 1.82) is 0 Å². The van der Waals surface area contributed by atoms with E-state index in [9.17, 15) is 18.0 Å². The molecular formula is C16H10ClF3N2O2. The first-order chi connectivity index (χ1) is 11.3. The highest BCUT2D eigenvalue weighted by Crippen LogP contribution is 2.34. The van der Waals surface area contributed by atoms with Gasteiger partial charge in [-0.1, -0.05) is 28.9 Å². The van der Waals surface area contributed by atoms with Gasteiger partial charge in [0.1, 0.15) is 0 Å². The molecule has 1 amide bonds. The fourth-order valence-corrected chi connectivity index (χ4v) is 2.74. The Morgan fingerprint density at radius 3 is 2.58 bits per heavy atom. The molecule has 4 nitrogen and oxygen atoms in total. The number of nitrogens with zero attached hydrogens (tertiary/aromatic N) is 2. The van der Waals surface area contributed by atoms with E-state index in [0.717, 1.165) is 12.1 Å². The molecule has 2 aromatic carbocycles. The average molecular weight is 355 g/mol. The lowest BCUT2D eigenvalue weighted by Crippen LogP contribution is -2.29. The quantitative estimate of drug-likeness (QED) is 0.652. The van der Waals surface area contributed by atoms with Gasteiger partial charge in [0.15, 0.2) is 5.71 Å². The summed E-state index contributed by atoms with van der Waals surface area (Å²) in [6.07, 6.45) is -4.46. The third kappa shape index (κ3) is 2.82. The summed E-state index contributed by atoms with van der Waals surface area (Å²) in [6, 6.07) is 9.29. The molecule has 1 heterocycles. The second-order valence-electron chi connectivity index (χ2n) is 5.20. The summed E-state index contributed by atoms with van der Waals surface area (Å²) in [5.74, 6) is -0.604. The molecule has 0 spiro atoms. The maximum absolute atomic E-state index is 12.8. The van der Waals surface area contributed by atoms with Crippen molar-refractivity contribution in [3.8, 4) is 0 Å². The molecule has 0 radical (unpaired) electrons. The largest absolute Gasteiger partial charge is 0.416 e. The summed E-state index contributed by atoms with van der Waals surface area (Å²) >= 11 is 5.88. The number of rotatable bonds is 2. The molecular weight excluding hydrogens is 345 g/mol. The maximum Gasteiger partial charge on any atom is 0.416 e. The van der Waals surface area contributed by atoms with Crippen LogP contribution in [0.1, 0.15) is 16.7 Å². The van der Waals surface area contributed by atoms with E-state index in [4.69, 9.17) is 16.8 Å². The van der Waals surface area contributed by atoms with Gasteiger partial charge in [-0.05, 0) is 35.9 Å². The van der Waals surface area contributed by atoms with Gasteiger partial charge in [-0.15, -0.1) is 0 Å². The summed E-state index contributed by atoms with van der Waals surface area (Å²) in [6.45, 7) is -0.0869. The van der Waals surface area contributed by atoms with Crippen molar-refractivity contribution < 1.29 is 23.2 Å². The Morgan fingerprint density at radius 2 is 1.92 bits per heavy atom. The molecule has 2 aromatic rings. The highest BCUT2D eigenvalue weighted by atomic mass is 35.5. The SMILES string of the molecule is O=C1/C(=N\O)c2cc(Cl)ccc2N1Cc1cccc(C(F)(F)F)c1. The van der Waals surface area contributed by atoms with Crippen molar-refractivity contribution in [2.45, 2.75) is 12.7 Å². The van der Waals surface area contributed by atoms with Crippen molar-refractivity contribution in [3.63, 3.8) is 0 Å². The zero-order valence-electron chi connectivity index (χ0n) is 12.0. The Morgan fingerprint density at radius 1 is 1.17 bits per heavy atom. The van der Waals surface area contributed by atoms with E-state index in [1.54, 1.807) is 12.1 Å². The fourth-order valence-electron chi connectivity index (χ4n) is 2.57. The molecule has 0 aliphatic carbocycles. The lowest BCUT2D eigenvalue weighted by molar-refractivity contribution is -0.137. The minimum absolute atomic E-state index is 0.0869. The second kappa shape index (κ2) is 5.83. The number of hydrogen-bond donors (Lipinski definition) is 1. The highest BCUT2D eigenvalue weighted by Gasteiger charge is 2.35. The van der Waals surface area contributed by atoms with E-state index in [1.807, 2.05) is 0 Å². The Labute approximate surface area is 139 Å². The van der Waals surface area contributed by atoms with Crippen molar-refractivity contribution in [2.24, 2.45) is 5.16 Å². The number of alkyl halides is 3. The number of carbonyl (C=O) groups is 1. The molecule has 1 aliphatic rings. The number of benzene rings is 2. The Kier molecular flexibility index (Phi) is 3.96. The zero-order valence-corrected chi connectivity index (χ0v) is 12.8. The van der Waals surface area contributed by atoms with E-state index in [1.165, 1.54) is 23.1 Å². The summed E-state index contributed by atoms with van der Waals surface area (Å²) in [5, 5.41) is 12.4. The van der Waals surface area contributed by atoms with Crippen LogP contribution in [-0.4, -0.2) is 16.8 Å². The topological polar surface area (TPSA) is 52.9 Å². The molecule has 1 aliphatic heterocycles. The Hall–Kier alpha value is -2.54. The lowest BCUT2D eigenvalue weighted by atomic mass is 10.1. The lowest BCUT2D eigenvalue weighted by Gasteiger charge is -2.18. The number of carbonyl (C=O) groups excluding carboxylic acids is 1. The average Bonchev–Trinajstić information content (AvgIpc) is 2.78. The van der Waals surface area contributed by atoms with Gasteiger partial charge in [0.2, 0.25) is 0 Å². The summed E-state index contributed by atoms with van der Waals surface area (Å²) in [7, 11) is 0. The second-order valence-corrected chi connectivity index (χ2v) is 5.64. The van der Waals surface area contributed by atoms with Crippen molar-refractivity contribution in [1.82, 2.24) is 0 Å². The summed E-state index contributed by atoms with van der Waals surface area (Å²) < 4.78 is 38.4. The monoisotopic (exact) mass is 354 g/mol. The Balaban J connectivity index is 1.99. The molecule has 24 heavy (non-hydrogen) atoms. The van der Waals surface area contributed by atoms with E-state index in [2.05, 4.69) is 5.16 Å². The molecule has 1 N–H and O–H groups in total. The van der Waals surface area contributed by atoms with Gasteiger partial charge in [0.05, 0.1) is 17.8 Å². The zero-order chi connectivity index (χ0) is 17.5.